The number of benzene rings is 3. The number of amides is 3. The summed E-state index contributed by atoms with van der Waals surface area (Å²) in [4.78, 5) is 59.8. The van der Waals surface area contributed by atoms with E-state index >= 15 is 0 Å². The van der Waals surface area contributed by atoms with Crippen LogP contribution >= 0.6 is 0 Å². The average Bonchev–Trinajstić information content (AvgIpc) is 3.64. The number of carbonyl (C=O) groups is 4. The molecule has 1 aliphatic carbocycles. The second kappa shape index (κ2) is 11.4. The zero-order chi connectivity index (χ0) is 30.4. The van der Waals surface area contributed by atoms with E-state index < -0.39 is 36.2 Å². The fourth-order valence-corrected chi connectivity index (χ4v) is 7.20. The van der Waals surface area contributed by atoms with Gasteiger partial charge in [-0.2, -0.15) is 0 Å². The minimum Gasteiger partial charge on any atom is -0.480 e. The topological polar surface area (TPSA) is 107 Å². The molecule has 1 saturated heterocycles. The highest BCUT2D eigenvalue weighted by molar-refractivity contribution is 6.02. The van der Waals surface area contributed by atoms with Gasteiger partial charge in [0.05, 0.1) is 11.7 Å². The minimum absolute atomic E-state index is 0.154. The molecular formula is C35H35N3O6. The standard InChI is InChI=1S/C35H35N3O6/c39-32(36-21-25-13-5-4-11-23(25)19-31(36)34(41)42)29-18-17-28(22-9-2-1-3-10-22)37(29)33(40)30-20-24-12-6-7-16-27(24)38(30)35(43)44-26-14-8-15-26/h1-7,9-13,16,26,28-31H,8,14-15,17-21H2,(H,41,42). The first kappa shape index (κ1) is 28.1. The van der Waals surface area contributed by atoms with Crippen molar-refractivity contribution >= 4 is 29.6 Å². The number of anilines is 1. The van der Waals surface area contributed by atoms with Crippen molar-refractivity contribution in [2.24, 2.45) is 0 Å². The summed E-state index contributed by atoms with van der Waals surface area (Å²) in [6.45, 7) is 0.162. The van der Waals surface area contributed by atoms with E-state index in [1.54, 1.807) is 4.90 Å². The van der Waals surface area contributed by atoms with Crippen molar-refractivity contribution < 1.29 is 29.0 Å². The van der Waals surface area contributed by atoms with E-state index in [2.05, 4.69) is 0 Å². The Morgan fingerprint density at radius 3 is 2.05 bits per heavy atom. The summed E-state index contributed by atoms with van der Waals surface area (Å²) >= 11 is 0. The van der Waals surface area contributed by atoms with Crippen LogP contribution in [0.1, 0.15) is 60.4 Å². The summed E-state index contributed by atoms with van der Waals surface area (Å²) in [5.41, 5.74) is 4.23. The van der Waals surface area contributed by atoms with Gasteiger partial charge in [-0.1, -0.05) is 72.8 Å². The molecule has 4 unspecified atom stereocenters. The second-order valence-electron chi connectivity index (χ2n) is 12.2. The summed E-state index contributed by atoms with van der Waals surface area (Å²) in [7, 11) is 0. The zero-order valence-corrected chi connectivity index (χ0v) is 24.4. The first-order chi connectivity index (χ1) is 21.4. The summed E-state index contributed by atoms with van der Waals surface area (Å²) in [5, 5.41) is 10.2. The number of aliphatic carboxylic acids is 1. The molecule has 1 N–H and O–H groups in total. The van der Waals surface area contributed by atoms with Gasteiger partial charge in [0.1, 0.15) is 24.2 Å². The number of ether oxygens (including phenoxy) is 1. The van der Waals surface area contributed by atoms with Gasteiger partial charge < -0.3 is 19.6 Å². The molecule has 0 spiro atoms. The van der Waals surface area contributed by atoms with Crippen LogP contribution < -0.4 is 4.90 Å². The molecule has 226 valence electrons. The highest BCUT2D eigenvalue weighted by Crippen LogP contribution is 2.42. The normalized spacial score (nSPS) is 24.3. The average molecular weight is 594 g/mol. The lowest BCUT2D eigenvalue weighted by Crippen LogP contribution is -2.58. The van der Waals surface area contributed by atoms with E-state index in [4.69, 9.17) is 4.74 Å². The molecule has 9 nitrogen and oxygen atoms in total. The second-order valence-corrected chi connectivity index (χ2v) is 12.2. The number of fused-ring (bicyclic) bond motifs is 2. The highest BCUT2D eigenvalue weighted by atomic mass is 16.6. The van der Waals surface area contributed by atoms with Crippen molar-refractivity contribution in [2.45, 2.75) is 81.8 Å². The van der Waals surface area contributed by atoms with Gasteiger partial charge in [-0.15, -0.1) is 0 Å². The molecule has 1 saturated carbocycles. The fourth-order valence-electron chi connectivity index (χ4n) is 7.20. The van der Waals surface area contributed by atoms with Crippen LogP contribution in [0.4, 0.5) is 10.5 Å². The van der Waals surface area contributed by atoms with Crippen LogP contribution in [0.25, 0.3) is 0 Å². The predicted molar refractivity (Wildman–Crippen MR) is 162 cm³/mol. The SMILES string of the molecule is O=C(O)C1Cc2ccccc2CN1C(=O)C1CCC(c2ccccc2)N1C(=O)C1Cc2ccccc2N1C(=O)OC1CCC1. The van der Waals surface area contributed by atoms with Crippen LogP contribution in [0.15, 0.2) is 78.9 Å². The summed E-state index contributed by atoms with van der Waals surface area (Å²) in [6, 6.07) is 21.5. The number of hydrogen-bond donors (Lipinski definition) is 1. The van der Waals surface area contributed by atoms with Crippen LogP contribution in [-0.4, -0.2) is 63.0 Å². The quantitative estimate of drug-likeness (QED) is 0.452. The number of hydrogen-bond acceptors (Lipinski definition) is 5. The van der Waals surface area contributed by atoms with Crippen LogP contribution in [0.2, 0.25) is 0 Å². The lowest BCUT2D eigenvalue weighted by Gasteiger charge is -2.40. The van der Waals surface area contributed by atoms with Crippen LogP contribution in [0.5, 0.6) is 0 Å². The third-order valence-electron chi connectivity index (χ3n) is 9.70. The van der Waals surface area contributed by atoms with Gasteiger partial charge in [-0.3, -0.25) is 14.5 Å². The van der Waals surface area contributed by atoms with Crippen LogP contribution in [-0.2, 0) is 38.5 Å². The Labute approximate surface area is 256 Å². The van der Waals surface area contributed by atoms with Crippen molar-refractivity contribution in [1.82, 2.24) is 9.80 Å². The molecule has 3 amide bonds. The van der Waals surface area contributed by atoms with Gasteiger partial charge in [0.15, 0.2) is 0 Å². The zero-order valence-electron chi connectivity index (χ0n) is 24.4. The molecule has 4 atom stereocenters. The Hall–Kier alpha value is -4.66. The van der Waals surface area contributed by atoms with E-state index in [-0.39, 0.29) is 30.9 Å². The van der Waals surface area contributed by atoms with E-state index in [0.29, 0.717) is 24.9 Å². The molecule has 4 aliphatic rings. The Morgan fingerprint density at radius 1 is 0.682 bits per heavy atom. The lowest BCUT2D eigenvalue weighted by molar-refractivity contribution is -0.155. The molecule has 0 bridgehead atoms. The molecule has 2 fully saturated rings. The number of rotatable bonds is 5. The minimum atomic E-state index is -1.07. The van der Waals surface area contributed by atoms with Crippen molar-refractivity contribution in [1.29, 1.82) is 0 Å². The van der Waals surface area contributed by atoms with Crippen LogP contribution in [0, 0.1) is 0 Å². The fraction of sp³-hybridized carbons (Fsp3) is 0.371. The Balaban J connectivity index is 1.24. The van der Waals surface area contributed by atoms with E-state index in [9.17, 15) is 24.3 Å². The van der Waals surface area contributed by atoms with Gasteiger partial charge in [0.25, 0.3) is 0 Å². The van der Waals surface area contributed by atoms with Crippen molar-refractivity contribution in [2.75, 3.05) is 4.90 Å². The monoisotopic (exact) mass is 593 g/mol. The Morgan fingerprint density at radius 2 is 1.34 bits per heavy atom. The number of para-hydroxylation sites is 1. The highest BCUT2D eigenvalue weighted by Gasteiger charge is 2.50. The van der Waals surface area contributed by atoms with Crippen molar-refractivity contribution in [3.8, 4) is 0 Å². The predicted octanol–water partition coefficient (Wildman–Crippen LogP) is 4.88. The maximum absolute atomic E-state index is 14.8. The van der Waals surface area contributed by atoms with Crippen molar-refractivity contribution in [3.63, 3.8) is 0 Å². The number of carboxylic acid groups (broad SMARTS) is 1. The van der Waals surface area contributed by atoms with Gasteiger partial charge in [-0.25, -0.2) is 9.59 Å². The molecule has 7 rings (SSSR count). The van der Waals surface area contributed by atoms with E-state index in [0.717, 1.165) is 41.5 Å². The third-order valence-corrected chi connectivity index (χ3v) is 9.70. The van der Waals surface area contributed by atoms with Gasteiger partial charge in [0, 0.05) is 19.4 Å². The largest absolute Gasteiger partial charge is 0.480 e. The number of likely N-dealkylation sites (tertiary alicyclic amines) is 1. The number of carbonyl (C=O) groups excluding carboxylic acids is 3. The smallest absolute Gasteiger partial charge is 0.415 e. The Kier molecular flexibility index (Phi) is 7.32. The maximum atomic E-state index is 14.8. The first-order valence-electron chi connectivity index (χ1n) is 15.5. The molecular weight excluding hydrogens is 558 g/mol. The van der Waals surface area contributed by atoms with E-state index in [1.807, 2.05) is 78.9 Å². The summed E-state index contributed by atoms with van der Waals surface area (Å²) in [6.07, 6.45) is 3.37. The third kappa shape index (κ3) is 4.90. The molecule has 0 aromatic heterocycles. The first-order valence-corrected chi connectivity index (χ1v) is 15.5. The number of nitrogens with zero attached hydrogens (tertiary/aromatic N) is 3. The molecule has 3 aliphatic heterocycles. The molecule has 9 heteroatoms. The maximum Gasteiger partial charge on any atom is 0.415 e. The summed E-state index contributed by atoms with van der Waals surface area (Å²) < 4.78 is 5.80. The van der Waals surface area contributed by atoms with E-state index in [1.165, 1.54) is 9.80 Å². The number of carboxylic acids is 1. The molecule has 3 aromatic rings. The molecule has 3 aromatic carbocycles. The van der Waals surface area contributed by atoms with Gasteiger partial charge in [-0.05, 0) is 60.4 Å². The summed E-state index contributed by atoms with van der Waals surface area (Å²) in [5.74, 6) is -1.78. The molecule has 3 heterocycles. The van der Waals surface area contributed by atoms with Crippen LogP contribution in [0.3, 0.4) is 0 Å². The molecule has 44 heavy (non-hydrogen) atoms. The molecule has 0 radical (unpaired) electrons. The van der Waals surface area contributed by atoms with Gasteiger partial charge in [0.2, 0.25) is 11.8 Å². The van der Waals surface area contributed by atoms with Gasteiger partial charge >= 0.3 is 12.1 Å². The lowest BCUT2D eigenvalue weighted by atomic mass is 9.93. The Bertz CT molecular complexity index is 1600. The van der Waals surface area contributed by atoms with Crippen molar-refractivity contribution in [3.05, 3.63) is 101 Å².